The third kappa shape index (κ3) is 1.99. The van der Waals surface area contributed by atoms with Crippen molar-refractivity contribution in [1.29, 1.82) is 0 Å². The average molecular weight is 252 g/mol. The maximum atomic E-state index is 11.3. The smallest absolute Gasteiger partial charge is 0.295 e. The SMILES string of the molecule is COc1c(C)cc(S(=O)(=O)O)c2ccccc12. The molecule has 0 radical (unpaired) electrons. The summed E-state index contributed by atoms with van der Waals surface area (Å²) in [6.45, 7) is 1.74. The van der Waals surface area contributed by atoms with Gasteiger partial charge in [-0.1, -0.05) is 24.3 Å². The van der Waals surface area contributed by atoms with E-state index in [9.17, 15) is 13.0 Å². The minimum Gasteiger partial charge on any atom is -0.496 e. The second-order valence-electron chi connectivity index (χ2n) is 3.75. The van der Waals surface area contributed by atoms with Crippen molar-refractivity contribution in [2.45, 2.75) is 11.8 Å². The highest BCUT2D eigenvalue weighted by atomic mass is 32.2. The van der Waals surface area contributed by atoms with Crippen molar-refractivity contribution in [2.24, 2.45) is 0 Å². The van der Waals surface area contributed by atoms with Gasteiger partial charge in [0.25, 0.3) is 10.1 Å². The van der Waals surface area contributed by atoms with Crippen molar-refractivity contribution < 1.29 is 17.7 Å². The number of rotatable bonds is 2. The van der Waals surface area contributed by atoms with E-state index >= 15 is 0 Å². The van der Waals surface area contributed by atoms with E-state index in [0.717, 1.165) is 0 Å². The quantitative estimate of drug-likeness (QED) is 0.834. The standard InChI is InChI=1S/C12H12O4S/c1-8-7-11(17(13,14)15)9-5-3-4-6-10(9)12(8)16-2/h3-7H,1-2H3,(H,13,14,15). The largest absolute Gasteiger partial charge is 0.496 e. The van der Waals surface area contributed by atoms with Gasteiger partial charge >= 0.3 is 0 Å². The predicted octanol–water partition coefficient (Wildman–Crippen LogP) is 2.40. The zero-order valence-electron chi connectivity index (χ0n) is 9.47. The van der Waals surface area contributed by atoms with Crippen LogP contribution in [0.25, 0.3) is 10.8 Å². The van der Waals surface area contributed by atoms with Crippen molar-refractivity contribution in [3.63, 3.8) is 0 Å². The summed E-state index contributed by atoms with van der Waals surface area (Å²) >= 11 is 0. The van der Waals surface area contributed by atoms with Crippen LogP contribution >= 0.6 is 0 Å². The monoisotopic (exact) mass is 252 g/mol. The molecule has 0 fully saturated rings. The van der Waals surface area contributed by atoms with Gasteiger partial charge in [0, 0.05) is 10.8 Å². The van der Waals surface area contributed by atoms with Crippen LogP contribution in [0, 0.1) is 6.92 Å². The Bertz CT molecular complexity index is 674. The van der Waals surface area contributed by atoms with Gasteiger partial charge in [0.15, 0.2) is 0 Å². The molecular formula is C12H12O4S. The first-order valence-corrected chi connectivity index (χ1v) is 6.43. The molecule has 0 aliphatic carbocycles. The molecule has 0 aliphatic heterocycles. The maximum absolute atomic E-state index is 11.3. The van der Waals surface area contributed by atoms with Gasteiger partial charge in [0.2, 0.25) is 0 Å². The van der Waals surface area contributed by atoms with Crippen LogP contribution in [0.1, 0.15) is 5.56 Å². The van der Waals surface area contributed by atoms with Crippen LogP contribution in [-0.2, 0) is 10.1 Å². The number of fused-ring (bicyclic) bond motifs is 1. The average Bonchev–Trinajstić information content (AvgIpc) is 2.27. The maximum Gasteiger partial charge on any atom is 0.295 e. The Morgan fingerprint density at radius 3 is 2.29 bits per heavy atom. The lowest BCUT2D eigenvalue weighted by molar-refractivity contribution is 0.416. The number of aryl methyl sites for hydroxylation is 1. The van der Waals surface area contributed by atoms with Crippen molar-refractivity contribution in [2.75, 3.05) is 7.11 Å². The summed E-state index contributed by atoms with van der Waals surface area (Å²) in [5.74, 6) is 0.619. The first-order chi connectivity index (χ1) is 7.95. The molecule has 1 N–H and O–H groups in total. The molecule has 0 bridgehead atoms. The van der Waals surface area contributed by atoms with E-state index < -0.39 is 10.1 Å². The second-order valence-corrected chi connectivity index (χ2v) is 5.14. The first kappa shape index (κ1) is 11.9. The highest BCUT2D eigenvalue weighted by molar-refractivity contribution is 7.86. The normalized spacial score (nSPS) is 11.7. The Morgan fingerprint density at radius 2 is 1.76 bits per heavy atom. The van der Waals surface area contributed by atoms with Gasteiger partial charge in [0.05, 0.1) is 7.11 Å². The fourth-order valence-corrected chi connectivity index (χ4v) is 2.71. The third-order valence-electron chi connectivity index (χ3n) is 2.62. The van der Waals surface area contributed by atoms with Crippen molar-refractivity contribution in [3.05, 3.63) is 35.9 Å². The van der Waals surface area contributed by atoms with Crippen LogP contribution in [0.4, 0.5) is 0 Å². The summed E-state index contributed by atoms with van der Waals surface area (Å²) in [5, 5.41) is 1.13. The summed E-state index contributed by atoms with van der Waals surface area (Å²) in [5.41, 5.74) is 0.666. The Labute approximate surface area is 99.6 Å². The highest BCUT2D eigenvalue weighted by Crippen LogP contribution is 2.33. The highest BCUT2D eigenvalue weighted by Gasteiger charge is 2.17. The van der Waals surface area contributed by atoms with Crippen LogP contribution in [-0.4, -0.2) is 20.1 Å². The third-order valence-corrected chi connectivity index (χ3v) is 3.52. The van der Waals surface area contributed by atoms with Crippen molar-refractivity contribution in [3.8, 4) is 5.75 Å². The molecule has 0 unspecified atom stereocenters. The molecular weight excluding hydrogens is 240 g/mol. The van der Waals surface area contributed by atoms with Gasteiger partial charge < -0.3 is 4.74 Å². The van der Waals surface area contributed by atoms with Gasteiger partial charge in [-0.15, -0.1) is 0 Å². The van der Waals surface area contributed by atoms with Gasteiger partial charge in [-0.3, -0.25) is 4.55 Å². The molecule has 0 spiro atoms. The Balaban J connectivity index is 2.99. The van der Waals surface area contributed by atoms with E-state index in [1.165, 1.54) is 13.2 Å². The van der Waals surface area contributed by atoms with E-state index in [2.05, 4.69) is 0 Å². The summed E-state index contributed by atoms with van der Waals surface area (Å²) in [6, 6.07) is 8.32. The number of ether oxygens (including phenoxy) is 1. The zero-order chi connectivity index (χ0) is 12.6. The lowest BCUT2D eigenvalue weighted by Gasteiger charge is -2.11. The molecule has 2 aromatic rings. The molecule has 0 amide bonds. The van der Waals surface area contributed by atoms with E-state index in [1.807, 2.05) is 0 Å². The summed E-state index contributed by atoms with van der Waals surface area (Å²) in [7, 11) is -2.70. The molecule has 0 heterocycles. The van der Waals surface area contributed by atoms with Gasteiger partial charge in [0.1, 0.15) is 10.6 Å². The fraction of sp³-hybridized carbons (Fsp3) is 0.167. The molecule has 90 valence electrons. The summed E-state index contributed by atoms with van der Waals surface area (Å²) < 4.78 is 37.1. The second kappa shape index (κ2) is 4.01. The fourth-order valence-electron chi connectivity index (χ4n) is 1.93. The lowest BCUT2D eigenvalue weighted by Crippen LogP contribution is -2.01. The summed E-state index contributed by atoms with van der Waals surface area (Å²) in [6.07, 6.45) is 0. The molecule has 0 saturated heterocycles. The Hall–Kier alpha value is -1.59. The lowest BCUT2D eigenvalue weighted by atomic mass is 10.1. The number of methoxy groups -OCH3 is 1. The zero-order valence-corrected chi connectivity index (χ0v) is 10.3. The molecule has 17 heavy (non-hydrogen) atoms. The molecule has 2 aromatic carbocycles. The van der Waals surface area contributed by atoms with Gasteiger partial charge in [-0.05, 0) is 18.6 Å². The van der Waals surface area contributed by atoms with Crippen LogP contribution < -0.4 is 4.74 Å². The van der Waals surface area contributed by atoms with E-state index in [0.29, 0.717) is 22.1 Å². The molecule has 0 atom stereocenters. The van der Waals surface area contributed by atoms with Gasteiger partial charge in [-0.25, -0.2) is 0 Å². The van der Waals surface area contributed by atoms with E-state index in [4.69, 9.17) is 4.74 Å². The van der Waals surface area contributed by atoms with Crippen LogP contribution in [0.3, 0.4) is 0 Å². The van der Waals surface area contributed by atoms with Crippen LogP contribution in [0.2, 0.25) is 0 Å². The van der Waals surface area contributed by atoms with Crippen LogP contribution in [0.5, 0.6) is 5.75 Å². The summed E-state index contributed by atoms with van der Waals surface area (Å²) in [4.78, 5) is -0.0913. The van der Waals surface area contributed by atoms with E-state index in [-0.39, 0.29) is 4.90 Å². The van der Waals surface area contributed by atoms with Crippen molar-refractivity contribution in [1.82, 2.24) is 0 Å². The molecule has 5 heteroatoms. The first-order valence-electron chi connectivity index (χ1n) is 4.99. The van der Waals surface area contributed by atoms with E-state index in [1.54, 1.807) is 31.2 Å². The molecule has 0 saturated carbocycles. The Kier molecular flexibility index (Phi) is 2.81. The molecule has 0 aliphatic rings. The number of hydrogen-bond donors (Lipinski definition) is 1. The molecule has 4 nitrogen and oxygen atoms in total. The topological polar surface area (TPSA) is 63.6 Å². The van der Waals surface area contributed by atoms with Gasteiger partial charge in [-0.2, -0.15) is 8.42 Å². The minimum atomic E-state index is -4.23. The number of hydrogen-bond acceptors (Lipinski definition) is 3. The molecule has 0 aromatic heterocycles. The molecule has 2 rings (SSSR count). The Morgan fingerprint density at radius 1 is 1.18 bits per heavy atom. The number of benzene rings is 2. The van der Waals surface area contributed by atoms with Crippen LogP contribution in [0.15, 0.2) is 35.2 Å². The minimum absolute atomic E-state index is 0.0913. The van der Waals surface area contributed by atoms with Crippen molar-refractivity contribution >= 4 is 20.9 Å². The predicted molar refractivity (Wildman–Crippen MR) is 65.1 cm³/mol.